The fourth-order valence-electron chi connectivity index (χ4n) is 1.86. The van der Waals surface area contributed by atoms with Crippen molar-refractivity contribution in [2.24, 2.45) is 0 Å². The molecule has 2 rings (SSSR count). The van der Waals surface area contributed by atoms with Crippen molar-refractivity contribution in [3.8, 4) is 0 Å². The molecule has 2 aromatic carbocycles. The Labute approximate surface area is 128 Å². The molecule has 1 N–H and O–H groups in total. The summed E-state index contributed by atoms with van der Waals surface area (Å²) in [5.41, 5.74) is 1.39. The third-order valence-corrected chi connectivity index (χ3v) is 4.27. The number of benzene rings is 2. The number of halogens is 1. The summed E-state index contributed by atoms with van der Waals surface area (Å²) in [5.74, 6) is -0.326. The molecule has 0 fully saturated rings. The van der Waals surface area contributed by atoms with Gasteiger partial charge in [-0.1, -0.05) is 36.4 Å². The van der Waals surface area contributed by atoms with Crippen LogP contribution in [0.1, 0.15) is 15.9 Å². The Morgan fingerprint density at radius 2 is 1.76 bits per heavy atom. The van der Waals surface area contributed by atoms with Gasteiger partial charge in [0.1, 0.15) is 0 Å². The average Bonchev–Trinajstić information content (AvgIpc) is 2.47. The second kappa shape index (κ2) is 6.74. The highest BCUT2D eigenvalue weighted by Gasteiger charge is 2.13. The third kappa shape index (κ3) is 4.58. The smallest absolute Gasteiger partial charge is 0.261 e. The average molecular weight is 324 g/mol. The van der Waals surface area contributed by atoms with E-state index in [1.165, 1.54) is 18.2 Å². The predicted molar refractivity (Wildman–Crippen MR) is 82.0 cm³/mol. The lowest BCUT2D eigenvalue weighted by Gasteiger charge is -2.06. The summed E-state index contributed by atoms with van der Waals surface area (Å²) in [4.78, 5) is 11.9. The SMILES string of the molecule is O=C(NCCc1ccccc1)c1cccc(S(=O)(=O)Cl)c1. The maximum atomic E-state index is 12.0. The molecule has 0 atom stereocenters. The molecule has 1 amide bonds. The molecule has 0 bridgehead atoms. The second-order valence-corrected chi connectivity index (χ2v) is 7.02. The van der Waals surface area contributed by atoms with Crippen molar-refractivity contribution in [3.63, 3.8) is 0 Å². The van der Waals surface area contributed by atoms with Crippen molar-refractivity contribution in [1.29, 1.82) is 0 Å². The highest BCUT2D eigenvalue weighted by molar-refractivity contribution is 8.13. The Hall–Kier alpha value is -1.85. The standard InChI is InChI=1S/C15H14ClNO3S/c16-21(19,20)14-8-4-7-13(11-14)15(18)17-10-9-12-5-2-1-3-6-12/h1-8,11H,9-10H2,(H,17,18). The van der Waals surface area contributed by atoms with E-state index < -0.39 is 9.05 Å². The highest BCUT2D eigenvalue weighted by Crippen LogP contribution is 2.16. The second-order valence-electron chi connectivity index (χ2n) is 4.46. The zero-order valence-electron chi connectivity index (χ0n) is 11.1. The van der Waals surface area contributed by atoms with Crippen molar-refractivity contribution in [2.45, 2.75) is 11.3 Å². The van der Waals surface area contributed by atoms with Gasteiger partial charge in [-0.25, -0.2) is 8.42 Å². The van der Waals surface area contributed by atoms with Crippen molar-refractivity contribution in [1.82, 2.24) is 5.32 Å². The Balaban J connectivity index is 1.98. The third-order valence-electron chi connectivity index (χ3n) is 2.92. The van der Waals surface area contributed by atoms with Crippen LogP contribution < -0.4 is 5.32 Å². The van der Waals surface area contributed by atoms with Gasteiger partial charge in [-0.3, -0.25) is 4.79 Å². The fourth-order valence-corrected chi connectivity index (χ4v) is 2.65. The van der Waals surface area contributed by atoms with Gasteiger partial charge in [-0.2, -0.15) is 0 Å². The predicted octanol–water partition coefficient (Wildman–Crippen LogP) is 2.59. The van der Waals surface area contributed by atoms with Crippen LogP contribution >= 0.6 is 10.7 Å². The van der Waals surface area contributed by atoms with Gasteiger partial charge < -0.3 is 5.32 Å². The summed E-state index contributed by atoms with van der Waals surface area (Å²) in [6.07, 6.45) is 0.708. The van der Waals surface area contributed by atoms with Crippen LogP contribution in [0, 0.1) is 0 Å². The van der Waals surface area contributed by atoms with Crippen LogP contribution in [-0.4, -0.2) is 20.9 Å². The molecule has 6 heteroatoms. The van der Waals surface area contributed by atoms with Crippen LogP contribution in [-0.2, 0) is 15.5 Å². The molecule has 0 radical (unpaired) electrons. The van der Waals surface area contributed by atoms with Crippen LogP contribution in [0.5, 0.6) is 0 Å². The molecular weight excluding hydrogens is 310 g/mol. The quantitative estimate of drug-likeness (QED) is 0.860. The maximum absolute atomic E-state index is 12.0. The molecule has 0 saturated carbocycles. The van der Waals surface area contributed by atoms with Crippen molar-refractivity contribution in [2.75, 3.05) is 6.54 Å². The maximum Gasteiger partial charge on any atom is 0.261 e. The molecule has 0 spiro atoms. The van der Waals surface area contributed by atoms with Crippen molar-refractivity contribution >= 4 is 25.6 Å². The zero-order chi connectivity index (χ0) is 15.3. The molecule has 110 valence electrons. The Morgan fingerprint density at radius 3 is 2.43 bits per heavy atom. The summed E-state index contributed by atoms with van der Waals surface area (Å²) in [6, 6.07) is 15.4. The van der Waals surface area contributed by atoms with E-state index in [0.717, 1.165) is 5.56 Å². The number of carbonyl (C=O) groups is 1. The van der Waals surface area contributed by atoms with Gasteiger partial charge >= 0.3 is 0 Å². The number of nitrogens with one attached hydrogen (secondary N) is 1. The van der Waals surface area contributed by atoms with Crippen molar-refractivity contribution < 1.29 is 13.2 Å². The summed E-state index contributed by atoms with van der Waals surface area (Å²) in [5, 5.41) is 2.75. The lowest BCUT2D eigenvalue weighted by Crippen LogP contribution is -2.25. The number of hydrogen-bond donors (Lipinski definition) is 1. The van der Waals surface area contributed by atoms with E-state index in [2.05, 4.69) is 5.32 Å². The first-order valence-electron chi connectivity index (χ1n) is 6.34. The van der Waals surface area contributed by atoms with E-state index >= 15 is 0 Å². The minimum Gasteiger partial charge on any atom is -0.352 e. The minimum absolute atomic E-state index is 0.0834. The summed E-state index contributed by atoms with van der Waals surface area (Å²) >= 11 is 0. The van der Waals surface area contributed by atoms with Gasteiger partial charge in [0.25, 0.3) is 15.0 Å². The number of rotatable bonds is 5. The lowest BCUT2D eigenvalue weighted by molar-refractivity contribution is 0.0954. The first kappa shape index (κ1) is 15.5. The number of amides is 1. The Morgan fingerprint density at radius 1 is 1.05 bits per heavy atom. The molecule has 0 saturated heterocycles. The zero-order valence-corrected chi connectivity index (χ0v) is 12.7. The molecule has 21 heavy (non-hydrogen) atoms. The molecule has 0 heterocycles. The van der Waals surface area contributed by atoms with E-state index in [0.29, 0.717) is 13.0 Å². The van der Waals surface area contributed by atoms with Crippen LogP contribution in [0.4, 0.5) is 0 Å². The molecule has 0 unspecified atom stereocenters. The first-order chi connectivity index (χ1) is 9.97. The summed E-state index contributed by atoms with van der Waals surface area (Å²) in [6.45, 7) is 0.473. The van der Waals surface area contributed by atoms with Crippen LogP contribution in [0.3, 0.4) is 0 Å². The Bertz CT molecular complexity index is 730. The van der Waals surface area contributed by atoms with Crippen LogP contribution in [0.15, 0.2) is 59.5 Å². The summed E-state index contributed by atoms with van der Waals surface area (Å²) < 4.78 is 22.5. The van der Waals surface area contributed by atoms with E-state index in [1.54, 1.807) is 6.07 Å². The van der Waals surface area contributed by atoms with E-state index in [9.17, 15) is 13.2 Å². The number of carbonyl (C=O) groups excluding carboxylic acids is 1. The van der Waals surface area contributed by atoms with Gasteiger partial charge in [-0.15, -0.1) is 0 Å². The molecule has 0 aromatic heterocycles. The van der Waals surface area contributed by atoms with E-state index in [-0.39, 0.29) is 16.4 Å². The van der Waals surface area contributed by atoms with Crippen LogP contribution in [0.25, 0.3) is 0 Å². The van der Waals surface area contributed by atoms with Gasteiger partial charge in [0.2, 0.25) is 0 Å². The van der Waals surface area contributed by atoms with Gasteiger partial charge in [-0.05, 0) is 30.2 Å². The highest BCUT2D eigenvalue weighted by atomic mass is 35.7. The largest absolute Gasteiger partial charge is 0.352 e. The normalized spacial score (nSPS) is 11.1. The molecule has 4 nitrogen and oxygen atoms in total. The molecular formula is C15H14ClNO3S. The molecule has 2 aromatic rings. The molecule has 0 aliphatic carbocycles. The first-order valence-corrected chi connectivity index (χ1v) is 8.64. The lowest BCUT2D eigenvalue weighted by atomic mass is 10.1. The van der Waals surface area contributed by atoms with Gasteiger partial charge in [0, 0.05) is 22.8 Å². The van der Waals surface area contributed by atoms with Crippen LogP contribution in [0.2, 0.25) is 0 Å². The van der Waals surface area contributed by atoms with Crippen molar-refractivity contribution in [3.05, 3.63) is 65.7 Å². The topological polar surface area (TPSA) is 63.2 Å². The number of hydrogen-bond acceptors (Lipinski definition) is 3. The Kier molecular flexibility index (Phi) is 4.98. The molecule has 0 aliphatic rings. The molecule has 0 aliphatic heterocycles. The van der Waals surface area contributed by atoms with E-state index in [1.807, 2.05) is 30.3 Å². The fraction of sp³-hybridized carbons (Fsp3) is 0.133. The minimum atomic E-state index is -3.83. The van der Waals surface area contributed by atoms with E-state index in [4.69, 9.17) is 10.7 Å². The van der Waals surface area contributed by atoms with Gasteiger partial charge in [0.15, 0.2) is 0 Å². The monoisotopic (exact) mass is 323 g/mol. The van der Waals surface area contributed by atoms with Gasteiger partial charge in [0.05, 0.1) is 4.90 Å². The summed E-state index contributed by atoms with van der Waals surface area (Å²) in [7, 11) is 1.43.